The first kappa shape index (κ1) is 20.0. The van der Waals surface area contributed by atoms with E-state index in [4.69, 9.17) is 5.73 Å². The minimum atomic E-state index is -3.70. The summed E-state index contributed by atoms with van der Waals surface area (Å²) in [4.78, 5) is 19.7. The standard InChI is InChI=1S/C18H19F4N5O/c1-16(20)8-18(21,22)17(2,25-15(16)23)11-6-10(4-5-12(11)19)7-13(28)14-24-9-27(3)26-14/h4-6,9H,7-8H2,1-3H3,(H2,23,25)/t16-,17+/m0/s1. The summed E-state index contributed by atoms with van der Waals surface area (Å²) in [5.41, 5.74) is 0.439. The average Bonchev–Trinajstić information content (AvgIpc) is 3.01. The molecule has 0 aliphatic carbocycles. The number of rotatable bonds is 4. The first-order valence-electron chi connectivity index (χ1n) is 8.46. The second-order valence-electron chi connectivity index (χ2n) is 7.30. The number of hydrogen-bond donors (Lipinski definition) is 1. The number of ketones is 1. The van der Waals surface area contributed by atoms with Crippen LogP contribution in [0.25, 0.3) is 0 Å². The zero-order valence-corrected chi connectivity index (χ0v) is 15.5. The molecule has 150 valence electrons. The third-order valence-corrected chi connectivity index (χ3v) is 4.91. The van der Waals surface area contributed by atoms with E-state index in [1.54, 1.807) is 7.05 Å². The van der Waals surface area contributed by atoms with Crippen molar-refractivity contribution in [2.24, 2.45) is 17.8 Å². The number of nitrogens with two attached hydrogens (primary N) is 1. The monoisotopic (exact) mass is 397 g/mol. The van der Waals surface area contributed by atoms with Crippen LogP contribution in [0.4, 0.5) is 17.6 Å². The molecule has 0 radical (unpaired) electrons. The van der Waals surface area contributed by atoms with Crippen LogP contribution in [-0.4, -0.2) is 38.0 Å². The van der Waals surface area contributed by atoms with Crippen molar-refractivity contribution in [2.75, 3.05) is 0 Å². The molecule has 0 unspecified atom stereocenters. The summed E-state index contributed by atoms with van der Waals surface area (Å²) in [7, 11) is 1.59. The zero-order chi connectivity index (χ0) is 20.9. The summed E-state index contributed by atoms with van der Waals surface area (Å²) in [5.74, 6) is -5.78. The Kier molecular flexibility index (Phi) is 4.55. The predicted molar refractivity (Wildman–Crippen MR) is 93.5 cm³/mol. The van der Waals surface area contributed by atoms with Crippen LogP contribution in [0.3, 0.4) is 0 Å². The van der Waals surface area contributed by atoms with Crippen LogP contribution in [0.15, 0.2) is 29.5 Å². The molecule has 0 spiro atoms. The molecule has 0 bridgehead atoms. The number of aromatic nitrogens is 3. The van der Waals surface area contributed by atoms with Crippen molar-refractivity contribution in [3.8, 4) is 0 Å². The molecule has 0 amide bonds. The van der Waals surface area contributed by atoms with E-state index in [1.165, 1.54) is 17.1 Å². The number of carbonyl (C=O) groups is 1. The van der Waals surface area contributed by atoms with Crippen molar-refractivity contribution in [1.29, 1.82) is 0 Å². The Morgan fingerprint density at radius 2 is 1.96 bits per heavy atom. The van der Waals surface area contributed by atoms with Gasteiger partial charge in [0.1, 0.15) is 18.0 Å². The number of aliphatic imine (C=N–C) groups is 1. The van der Waals surface area contributed by atoms with Gasteiger partial charge in [-0.05, 0) is 31.5 Å². The summed E-state index contributed by atoms with van der Waals surface area (Å²) >= 11 is 0. The molecule has 0 fully saturated rings. The Balaban J connectivity index is 2.01. The van der Waals surface area contributed by atoms with Crippen molar-refractivity contribution < 1.29 is 22.4 Å². The van der Waals surface area contributed by atoms with Crippen LogP contribution in [0, 0.1) is 5.82 Å². The largest absolute Gasteiger partial charge is 0.385 e. The lowest BCUT2D eigenvalue weighted by Crippen LogP contribution is -2.56. The molecule has 28 heavy (non-hydrogen) atoms. The number of Topliss-reactive ketones (excluding diaryl/α,β-unsaturated/α-hetero) is 1. The first-order valence-corrected chi connectivity index (χ1v) is 8.46. The molecule has 2 N–H and O–H groups in total. The molecule has 2 heterocycles. The van der Waals surface area contributed by atoms with E-state index in [0.29, 0.717) is 0 Å². The highest BCUT2D eigenvalue weighted by molar-refractivity contribution is 5.94. The van der Waals surface area contributed by atoms with Gasteiger partial charge < -0.3 is 5.73 Å². The van der Waals surface area contributed by atoms with Crippen LogP contribution in [0.1, 0.15) is 42.0 Å². The Morgan fingerprint density at radius 3 is 2.57 bits per heavy atom. The smallest absolute Gasteiger partial charge is 0.280 e. The van der Waals surface area contributed by atoms with Crippen molar-refractivity contribution in [3.63, 3.8) is 0 Å². The summed E-state index contributed by atoms with van der Waals surface area (Å²) in [6.45, 7) is 1.91. The van der Waals surface area contributed by atoms with E-state index in [-0.39, 0.29) is 17.8 Å². The number of aryl methyl sites for hydroxylation is 1. The van der Waals surface area contributed by atoms with E-state index in [2.05, 4.69) is 15.1 Å². The fourth-order valence-corrected chi connectivity index (χ4v) is 3.16. The van der Waals surface area contributed by atoms with Gasteiger partial charge in [-0.15, -0.1) is 5.10 Å². The topological polar surface area (TPSA) is 86.2 Å². The number of benzene rings is 1. The number of hydrogen-bond acceptors (Lipinski definition) is 5. The number of alkyl halides is 3. The quantitative estimate of drug-likeness (QED) is 0.635. The molecular formula is C18H19F4N5O. The molecule has 0 saturated heterocycles. The molecule has 2 atom stereocenters. The Bertz CT molecular complexity index is 969. The number of amidine groups is 1. The highest BCUT2D eigenvalue weighted by Gasteiger charge is 2.60. The number of carbonyl (C=O) groups excluding carboxylic acids is 1. The van der Waals surface area contributed by atoms with Crippen molar-refractivity contribution >= 4 is 11.6 Å². The third kappa shape index (κ3) is 3.27. The second-order valence-corrected chi connectivity index (χ2v) is 7.30. The molecular weight excluding hydrogens is 378 g/mol. The van der Waals surface area contributed by atoms with E-state index in [0.717, 1.165) is 26.0 Å². The van der Waals surface area contributed by atoms with Crippen LogP contribution in [-0.2, 0) is 19.0 Å². The predicted octanol–water partition coefficient (Wildman–Crippen LogP) is 2.72. The van der Waals surface area contributed by atoms with E-state index in [9.17, 15) is 22.4 Å². The highest BCUT2D eigenvalue weighted by Crippen LogP contribution is 2.50. The van der Waals surface area contributed by atoms with Crippen molar-refractivity contribution in [3.05, 3.63) is 47.3 Å². The van der Waals surface area contributed by atoms with Gasteiger partial charge in [0.25, 0.3) is 5.92 Å². The Morgan fingerprint density at radius 1 is 1.29 bits per heavy atom. The summed E-state index contributed by atoms with van der Waals surface area (Å²) in [5, 5.41) is 3.88. The zero-order valence-electron chi connectivity index (χ0n) is 15.5. The van der Waals surface area contributed by atoms with Gasteiger partial charge >= 0.3 is 0 Å². The normalized spacial score (nSPS) is 26.8. The van der Waals surface area contributed by atoms with Gasteiger partial charge in [-0.3, -0.25) is 14.5 Å². The Hall–Kier alpha value is -2.78. The van der Waals surface area contributed by atoms with Crippen LogP contribution < -0.4 is 5.73 Å². The molecule has 10 heteroatoms. The van der Waals surface area contributed by atoms with Gasteiger partial charge in [0.15, 0.2) is 11.2 Å². The van der Waals surface area contributed by atoms with E-state index < -0.39 is 46.6 Å². The fraction of sp³-hybridized carbons (Fsp3) is 0.444. The third-order valence-electron chi connectivity index (χ3n) is 4.91. The summed E-state index contributed by atoms with van der Waals surface area (Å²) < 4.78 is 59.7. The minimum absolute atomic E-state index is 0.0435. The maximum Gasteiger partial charge on any atom is 0.280 e. The van der Waals surface area contributed by atoms with Crippen LogP contribution in [0.5, 0.6) is 0 Å². The highest BCUT2D eigenvalue weighted by atomic mass is 19.3. The molecule has 2 aromatic rings. The first-order chi connectivity index (χ1) is 12.9. The van der Waals surface area contributed by atoms with Gasteiger partial charge in [0, 0.05) is 19.0 Å². The van der Waals surface area contributed by atoms with Crippen LogP contribution in [0.2, 0.25) is 0 Å². The average molecular weight is 397 g/mol. The number of halogens is 4. The molecule has 3 rings (SSSR count). The van der Waals surface area contributed by atoms with Gasteiger partial charge in [0.2, 0.25) is 11.6 Å². The molecule has 1 aromatic heterocycles. The second kappa shape index (κ2) is 6.39. The van der Waals surface area contributed by atoms with E-state index in [1.807, 2.05) is 0 Å². The van der Waals surface area contributed by atoms with Gasteiger partial charge in [-0.25, -0.2) is 22.5 Å². The molecule has 1 aliphatic rings. The fourth-order valence-electron chi connectivity index (χ4n) is 3.16. The lowest BCUT2D eigenvalue weighted by atomic mass is 9.77. The number of nitrogens with zero attached hydrogens (tertiary/aromatic N) is 4. The summed E-state index contributed by atoms with van der Waals surface area (Å²) in [6.07, 6.45) is -0.107. The van der Waals surface area contributed by atoms with Gasteiger partial charge in [-0.1, -0.05) is 6.07 Å². The maximum absolute atomic E-state index is 14.8. The lowest BCUT2D eigenvalue weighted by molar-refractivity contribution is -0.106. The maximum atomic E-state index is 14.8. The molecule has 0 saturated carbocycles. The van der Waals surface area contributed by atoms with Crippen LogP contribution >= 0.6 is 0 Å². The summed E-state index contributed by atoms with van der Waals surface area (Å²) in [6, 6.07) is 3.40. The van der Waals surface area contributed by atoms with Crippen molar-refractivity contribution in [2.45, 2.75) is 43.8 Å². The molecule has 1 aliphatic heterocycles. The molecule has 1 aromatic carbocycles. The molecule has 6 nitrogen and oxygen atoms in total. The lowest BCUT2D eigenvalue weighted by Gasteiger charge is -2.42. The minimum Gasteiger partial charge on any atom is -0.385 e. The SMILES string of the molecule is Cn1cnc(C(=O)Cc2ccc(F)c([C@@]3(C)N=C(N)[C@@](C)(F)CC3(F)F)c2)n1. The van der Waals surface area contributed by atoms with Crippen molar-refractivity contribution in [1.82, 2.24) is 14.8 Å². The van der Waals surface area contributed by atoms with E-state index >= 15 is 0 Å². The Labute approximate surface area is 158 Å². The van der Waals surface area contributed by atoms with Gasteiger partial charge in [-0.2, -0.15) is 0 Å². The van der Waals surface area contributed by atoms with Gasteiger partial charge in [0.05, 0.1) is 6.42 Å².